The number of hydrogen-bond acceptors (Lipinski definition) is 5. The molecular formula is C26H31N3O2. The molecule has 0 amide bonds. The molecule has 4 rings (SSSR count). The topological polar surface area (TPSA) is 48.8 Å². The maximum atomic E-state index is 10.4. The molecule has 1 aliphatic heterocycles. The van der Waals surface area contributed by atoms with Gasteiger partial charge in [0.15, 0.2) is 0 Å². The molecule has 5 heteroatoms. The van der Waals surface area contributed by atoms with E-state index in [4.69, 9.17) is 4.74 Å². The second-order valence-electron chi connectivity index (χ2n) is 8.40. The number of nitrogens with zero attached hydrogens (tertiary/aromatic N) is 3. The van der Waals surface area contributed by atoms with Gasteiger partial charge in [-0.15, -0.1) is 0 Å². The van der Waals surface area contributed by atoms with Crippen molar-refractivity contribution in [3.05, 3.63) is 95.3 Å². The van der Waals surface area contributed by atoms with Gasteiger partial charge in [0.2, 0.25) is 0 Å². The summed E-state index contributed by atoms with van der Waals surface area (Å²) in [6.45, 7) is 4.53. The van der Waals surface area contributed by atoms with Gasteiger partial charge in [-0.3, -0.25) is 14.8 Å². The summed E-state index contributed by atoms with van der Waals surface area (Å²) in [5.41, 5.74) is 5.23. The maximum Gasteiger partial charge on any atom is 0.119 e. The molecule has 1 N–H and O–H groups in total. The molecule has 0 aliphatic carbocycles. The molecule has 0 saturated carbocycles. The van der Waals surface area contributed by atoms with Gasteiger partial charge >= 0.3 is 0 Å². The molecule has 1 aromatic heterocycles. The van der Waals surface area contributed by atoms with E-state index >= 15 is 0 Å². The van der Waals surface area contributed by atoms with Gasteiger partial charge in [0.25, 0.3) is 0 Å². The first-order valence-corrected chi connectivity index (χ1v) is 10.9. The predicted octanol–water partition coefficient (Wildman–Crippen LogP) is 3.51. The Labute approximate surface area is 184 Å². The predicted molar refractivity (Wildman–Crippen MR) is 123 cm³/mol. The minimum absolute atomic E-state index is 0.304. The normalized spacial score (nSPS) is 14.9. The zero-order valence-electron chi connectivity index (χ0n) is 18.2. The summed E-state index contributed by atoms with van der Waals surface area (Å²) in [6.07, 6.45) is 4.24. The SMILES string of the molecule is CN(Cc1ccc(OC[C@@H](O)CN2CCc3ccccc3C2)cc1)Cc1cccnc1. The van der Waals surface area contributed by atoms with Crippen LogP contribution in [0.15, 0.2) is 73.1 Å². The van der Waals surface area contributed by atoms with E-state index in [1.54, 1.807) is 6.20 Å². The summed E-state index contributed by atoms with van der Waals surface area (Å²) in [7, 11) is 2.10. The lowest BCUT2D eigenvalue weighted by molar-refractivity contribution is 0.0638. The molecule has 2 aromatic carbocycles. The van der Waals surface area contributed by atoms with Crippen LogP contribution >= 0.6 is 0 Å². The van der Waals surface area contributed by atoms with E-state index in [1.165, 1.54) is 22.3 Å². The Bertz CT molecular complexity index is 946. The summed E-state index contributed by atoms with van der Waals surface area (Å²) in [4.78, 5) is 8.73. The van der Waals surface area contributed by atoms with E-state index in [1.807, 2.05) is 24.4 Å². The smallest absolute Gasteiger partial charge is 0.119 e. The van der Waals surface area contributed by atoms with Gasteiger partial charge in [0.1, 0.15) is 18.5 Å². The third-order valence-electron chi connectivity index (χ3n) is 5.67. The van der Waals surface area contributed by atoms with Gasteiger partial charge in [0.05, 0.1) is 0 Å². The molecule has 0 fully saturated rings. The quantitative estimate of drug-likeness (QED) is 0.577. The number of fused-ring (bicyclic) bond motifs is 1. The van der Waals surface area contributed by atoms with Crippen LogP contribution in [0.4, 0.5) is 0 Å². The van der Waals surface area contributed by atoms with Crippen molar-refractivity contribution in [2.75, 3.05) is 26.7 Å². The standard InChI is InChI=1S/C26H31N3O2/c1-28(17-22-5-4-13-27-15-22)16-21-8-10-26(11-9-21)31-20-25(30)19-29-14-12-23-6-2-3-7-24(23)18-29/h2-11,13,15,25,30H,12,14,16-20H2,1H3/t25-/m0/s1. The third-order valence-corrected chi connectivity index (χ3v) is 5.67. The number of aromatic nitrogens is 1. The Morgan fingerprint density at radius 3 is 2.55 bits per heavy atom. The highest BCUT2D eigenvalue weighted by atomic mass is 16.5. The van der Waals surface area contributed by atoms with Crippen LogP contribution in [0.1, 0.15) is 22.3 Å². The van der Waals surface area contributed by atoms with Crippen molar-refractivity contribution >= 4 is 0 Å². The van der Waals surface area contributed by atoms with Crippen LogP contribution in [0, 0.1) is 0 Å². The number of pyridine rings is 1. The van der Waals surface area contributed by atoms with Crippen LogP contribution in [-0.2, 0) is 26.1 Å². The maximum absolute atomic E-state index is 10.4. The summed E-state index contributed by atoms with van der Waals surface area (Å²) >= 11 is 0. The van der Waals surface area contributed by atoms with Crippen molar-refractivity contribution in [1.29, 1.82) is 0 Å². The first kappa shape index (κ1) is 21.5. The molecule has 0 bridgehead atoms. The van der Waals surface area contributed by atoms with Crippen LogP contribution in [-0.4, -0.2) is 52.7 Å². The molecule has 0 unspecified atom stereocenters. The average Bonchev–Trinajstić information content (AvgIpc) is 2.79. The van der Waals surface area contributed by atoms with Crippen molar-refractivity contribution < 1.29 is 9.84 Å². The number of ether oxygens (including phenoxy) is 1. The average molecular weight is 418 g/mol. The van der Waals surface area contributed by atoms with Gasteiger partial charge in [-0.05, 0) is 53.9 Å². The van der Waals surface area contributed by atoms with Gasteiger partial charge in [0, 0.05) is 45.1 Å². The van der Waals surface area contributed by atoms with E-state index in [0.29, 0.717) is 13.2 Å². The lowest BCUT2D eigenvalue weighted by Gasteiger charge is -2.30. The summed E-state index contributed by atoms with van der Waals surface area (Å²) in [6, 6.07) is 20.8. The monoisotopic (exact) mass is 417 g/mol. The molecule has 0 radical (unpaired) electrons. The zero-order chi connectivity index (χ0) is 21.5. The molecule has 1 atom stereocenters. The van der Waals surface area contributed by atoms with Gasteiger partial charge in [-0.1, -0.05) is 42.5 Å². The number of aliphatic hydroxyl groups is 1. The number of benzene rings is 2. The van der Waals surface area contributed by atoms with Gasteiger partial charge in [-0.25, -0.2) is 0 Å². The molecule has 3 aromatic rings. The molecule has 1 aliphatic rings. The van der Waals surface area contributed by atoms with Gasteiger partial charge < -0.3 is 9.84 Å². The largest absolute Gasteiger partial charge is 0.491 e. The molecule has 31 heavy (non-hydrogen) atoms. The van der Waals surface area contributed by atoms with E-state index in [2.05, 4.69) is 64.3 Å². The first-order valence-electron chi connectivity index (χ1n) is 10.9. The molecule has 0 spiro atoms. The second-order valence-corrected chi connectivity index (χ2v) is 8.40. The highest BCUT2D eigenvalue weighted by Gasteiger charge is 2.18. The Morgan fingerprint density at radius 1 is 1.00 bits per heavy atom. The fraction of sp³-hybridized carbons (Fsp3) is 0.346. The van der Waals surface area contributed by atoms with E-state index in [-0.39, 0.29) is 0 Å². The summed E-state index contributed by atoms with van der Waals surface area (Å²) in [5, 5.41) is 10.4. The van der Waals surface area contributed by atoms with Crippen molar-refractivity contribution in [3.63, 3.8) is 0 Å². The number of β-amino-alcohol motifs (C(OH)–C–C–N with tert-alkyl or cyclic N) is 1. The van der Waals surface area contributed by atoms with Crippen LogP contribution in [0.2, 0.25) is 0 Å². The molecular weight excluding hydrogens is 386 g/mol. The zero-order valence-corrected chi connectivity index (χ0v) is 18.2. The van der Waals surface area contributed by atoms with E-state index in [0.717, 1.165) is 38.3 Å². The Kier molecular flexibility index (Phi) is 7.30. The highest BCUT2D eigenvalue weighted by molar-refractivity contribution is 5.29. The molecule has 162 valence electrons. The number of hydrogen-bond donors (Lipinski definition) is 1. The molecule has 0 saturated heterocycles. The van der Waals surface area contributed by atoms with Crippen molar-refractivity contribution in [2.24, 2.45) is 0 Å². The van der Waals surface area contributed by atoms with Crippen molar-refractivity contribution in [1.82, 2.24) is 14.8 Å². The van der Waals surface area contributed by atoms with Crippen LogP contribution < -0.4 is 4.74 Å². The first-order chi connectivity index (χ1) is 15.2. The number of rotatable bonds is 9. The van der Waals surface area contributed by atoms with E-state index in [9.17, 15) is 5.11 Å². The van der Waals surface area contributed by atoms with Crippen LogP contribution in [0.25, 0.3) is 0 Å². The Morgan fingerprint density at radius 2 is 1.77 bits per heavy atom. The van der Waals surface area contributed by atoms with Crippen LogP contribution in [0.3, 0.4) is 0 Å². The Hall–Kier alpha value is -2.73. The summed E-state index contributed by atoms with van der Waals surface area (Å²) < 4.78 is 5.84. The minimum atomic E-state index is -0.504. The van der Waals surface area contributed by atoms with Crippen molar-refractivity contribution in [3.8, 4) is 5.75 Å². The van der Waals surface area contributed by atoms with Gasteiger partial charge in [-0.2, -0.15) is 0 Å². The summed E-state index contributed by atoms with van der Waals surface area (Å²) in [5.74, 6) is 0.793. The third kappa shape index (κ3) is 6.37. The molecule has 5 nitrogen and oxygen atoms in total. The minimum Gasteiger partial charge on any atom is -0.491 e. The van der Waals surface area contributed by atoms with E-state index < -0.39 is 6.10 Å². The fourth-order valence-corrected chi connectivity index (χ4v) is 4.12. The molecule has 2 heterocycles. The number of aliphatic hydroxyl groups excluding tert-OH is 1. The Balaban J connectivity index is 1.20. The highest BCUT2D eigenvalue weighted by Crippen LogP contribution is 2.19. The lowest BCUT2D eigenvalue weighted by atomic mass is 10.00. The second kappa shape index (κ2) is 10.5. The lowest BCUT2D eigenvalue weighted by Crippen LogP contribution is -2.38. The van der Waals surface area contributed by atoms with Crippen LogP contribution in [0.5, 0.6) is 5.75 Å². The van der Waals surface area contributed by atoms with Crippen molar-refractivity contribution in [2.45, 2.75) is 32.2 Å². The fourth-order valence-electron chi connectivity index (χ4n) is 4.12.